The van der Waals surface area contributed by atoms with Crippen molar-refractivity contribution in [2.24, 2.45) is 0 Å². The van der Waals surface area contributed by atoms with Gasteiger partial charge in [-0.3, -0.25) is 19.2 Å². The standard InChI is InChI=1S/C18H21N3O7S/c1-12(18(22)19-13-8-9-16(27-2)17(10-13)28-3)20(29(4,25)26)14-6-5-7-15(11-14)21(23)24/h5-12H,1-4H3,(H,19,22)/t12-/m0/s1. The molecule has 1 N–H and O–H groups in total. The minimum atomic E-state index is -3.92. The molecule has 2 aromatic carbocycles. The molecule has 0 spiro atoms. The monoisotopic (exact) mass is 423 g/mol. The Morgan fingerprint density at radius 1 is 1.14 bits per heavy atom. The second-order valence-electron chi connectivity index (χ2n) is 6.07. The molecule has 2 rings (SSSR count). The van der Waals surface area contributed by atoms with Crippen LogP contribution < -0.4 is 19.1 Å². The van der Waals surface area contributed by atoms with E-state index < -0.39 is 26.9 Å². The van der Waals surface area contributed by atoms with E-state index in [0.29, 0.717) is 17.2 Å². The van der Waals surface area contributed by atoms with Crippen molar-refractivity contribution in [2.45, 2.75) is 13.0 Å². The molecular weight excluding hydrogens is 402 g/mol. The van der Waals surface area contributed by atoms with E-state index in [1.54, 1.807) is 12.1 Å². The van der Waals surface area contributed by atoms with Crippen LogP contribution in [0.2, 0.25) is 0 Å². The largest absolute Gasteiger partial charge is 0.493 e. The molecule has 10 nitrogen and oxygen atoms in total. The predicted octanol–water partition coefficient (Wildman–Crippen LogP) is 2.41. The van der Waals surface area contributed by atoms with E-state index in [9.17, 15) is 23.3 Å². The number of hydrogen-bond donors (Lipinski definition) is 1. The van der Waals surface area contributed by atoms with Crippen LogP contribution in [-0.2, 0) is 14.8 Å². The molecule has 0 aliphatic carbocycles. The minimum absolute atomic E-state index is 0.0108. The Morgan fingerprint density at radius 3 is 2.34 bits per heavy atom. The summed E-state index contributed by atoms with van der Waals surface area (Å²) in [5.41, 5.74) is 0.0901. The van der Waals surface area contributed by atoms with Gasteiger partial charge in [0.2, 0.25) is 15.9 Å². The highest BCUT2D eigenvalue weighted by molar-refractivity contribution is 7.92. The third kappa shape index (κ3) is 5.13. The summed E-state index contributed by atoms with van der Waals surface area (Å²) < 4.78 is 35.8. The molecule has 29 heavy (non-hydrogen) atoms. The molecule has 156 valence electrons. The molecule has 0 aliphatic rings. The Balaban J connectivity index is 2.35. The van der Waals surface area contributed by atoms with Gasteiger partial charge in [-0.1, -0.05) is 6.07 Å². The topological polar surface area (TPSA) is 128 Å². The maximum absolute atomic E-state index is 12.7. The van der Waals surface area contributed by atoms with Gasteiger partial charge in [0, 0.05) is 23.9 Å². The molecule has 2 aromatic rings. The van der Waals surface area contributed by atoms with Crippen LogP contribution in [0, 0.1) is 10.1 Å². The number of amides is 1. The van der Waals surface area contributed by atoms with Crippen molar-refractivity contribution in [3.63, 3.8) is 0 Å². The highest BCUT2D eigenvalue weighted by Gasteiger charge is 2.30. The third-order valence-corrected chi connectivity index (χ3v) is 5.28. The van der Waals surface area contributed by atoms with Gasteiger partial charge in [0.1, 0.15) is 6.04 Å². The summed E-state index contributed by atoms with van der Waals surface area (Å²) in [5, 5.41) is 13.6. The molecule has 0 unspecified atom stereocenters. The highest BCUT2D eigenvalue weighted by Crippen LogP contribution is 2.30. The van der Waals surface area contributed by atoms with Gasteiger partial charge in [-0.15, -0.1) is 0 Å². The van der Waals surface area contributed by atoms with E-state index in [-0.39, 0.29) is 11.4 Å². The molecule has 1 amide bonds. The summed E-state index contributed by atoms with van der Waals surface area (Å²) in [5.74, 6) is 0.221. The number of nitro groups is 1. The third-order valence-electron chi connectivity index (χ3n) is 4.03. The van der Waals surface area contributed by atoms with Crippen LogP contribution in [0.25, 0.3) is 0 Å². The van der Waals surface area contributed by atoms with Crippen LogP contribution in [0.4, 0.5) is 17.1 Å². The number of rotatable bonds is 8. The summed E-state index contributed by atoms with van der Waals surface area (Å²) in [7, 11) is -0.998. The summed E-state index contributed by atoms with van der Waals surface area (Å²) in [6.07, 6.45) is 0.923. The molecule has 1 atom stereocenters. The Hall–Kier alpha value is -3.34. The maximum Gasteiger partial charge on any atom is 0.271 e. The fraction of sp³-hybridized carbons (Fsp3) is 0.278. The van der Waals surface area contributed by atoms with Crippen LogP contribution in [0.3, 0.4) is 0 Å². The van der Waals surface area contributed by atoms with Gasteiger partial charge < -0.3 is 14.8 Å². The number of anilines is 2. The van der Waals surface area contributed by atoms with Crippen LogP contribution in [0.1, 0.15) is 6.92 Å². The molecule has 0 fully saturated rings. The quantitative estimate of drug-likeness (QED) is 0.510. The number of nitrogens with one attached hydrogen (secondary N) is 1. The van der Waals surface area contributed by atoms with E-state index in [4.69, 9.17) is 9.47 Å². The molecule has 0 aromatic heterocycles. The number of carbonyl (C=O) groups excluding carboxylic acids is 1. The zero-order chi connectivity index (χ0) is 21.8. The van der Waals surface area contributed by atoms with E-state index in [1.807, 2.05) is 0 Å². The maximum atomic E-state index is 12.7. The average molecular weight is 423 g/mol. The lowest BCUT2D eigenvalue weighted by Crippen LogP contribution is -2.45. The number of nitrogens with zero attached hydrogens (tertiary/aromatic N) is 2. The summed E-state index contributed by atoms with van der Waals surface area (Å²) >= 11 is 0. The van der Waals surface area contributed by atoms with Gasteiger partial charge in [-0.25, -0.2) is 8.42 Å². The molecule has 0 saturated heterocycles. The Labute approximate surface area is 168 Å². The summed E-state index contributed by atoms with van der Waals surface area (Å²) in [6, 6.07) is 8.58. The van der Waals surface area contributed by atoms with Crippen molar-refractivity contribution in [1.82, 2.24) is 0 Å². The number of methoxy groups -OCH3 is 2. The van der Waals surface area contributed by atoms with Gasteiger partial charge in [0.15, 0.2) is 11.5 Å². The first kappa shape index (κ1) is 22.0. The van der Waals surface area contributed by atoms with E-state index in [2.05, 4.69) is 5.32 Å². The number of hydrogen-bond acceptors (Lipinski definition) is 7. The van der Waals surface area contributed by atoms with Gasteiger partial charge >= 0.3 is 0 Å². The first-order chi connectivity index (χ1) is 13.6. The van der Waals surface area contributed by atoms with Crippen molar-refractivity contribution >= 4 is 33.0 Å². The van der Waals surface area contributed by atoms with Gasteiger partial charge in [0.05, 0.1) is 31.1 Å². The number of ether oxygens (including phenoxy) is 2. The van der Waals surface area contributed by atoms with Crippen molar-refractivity contribution in [2.75, 3.05) is 30.1 Å². The molecular formula is C18H21N3O7S. The van der Waals surface area contributed by atoms with Crippen molar-refractivity contribution in [3.8, 4) is 11.5 Å². The molecule has 0 radical (unpaired) electrons. The number of carbonyl (C=O) groups is 1. The molecule has 0 saturated carbocycles. The van der Waals surface area contributed by atoms with E-state index in [0.717, 1.165) is 16.6 Å². The number of sulfonamides is 1. The fourth-order valence-electron chi connectivity index (χ4n) is 2.71. The van der Waals surface area contributed by atoms with Crippen LogP contribution in [0.15, 0.2) is 42.5 Å². The van der Waals surface area contributed by atoms with Crippen LogP contribution >= 0.6 is 0 Å². The Kier molecular flexibility index (Phi) is 6.64. The molecule has 0 aliphatic heterocycles. The summed E-state index contributed by atoms with van der Waals surface area (Å²) in [4.78, 5) is 23.1. The smallest absolute Gasteiger partial charge is 0.271 e. The zero-order valence-electron chi connectivity index (χ0n) is 16.3. The van der Waals surface area contributed by atoms with Crippen molar-refractivity contribution in [3.05, 3.63) is 52.6 Å². The van der Waals surface area contributed by atoms with Gasteiger partial charge in [-0.05, 0) is 25.1 Å². The lowest BCUT2D eigenvalue weighted by atomic mass is 10.2. The lowest BCUT2D eigenvalue weighted by Gasteiger charge is -2.28. The van der Waals surface area contributed by atoms with Crippen molar-refractivity contribution in [1.29, 1.82) is 0 Å². The molecule has 0 heterocycles. The minimum Gasteiger partial charge on any atom is -0.493 e. The van der Waals surface area contributed by atoms with E-state index >= 15 is 0 Å². The number of nitro benzene ring substituents is 1. The van der Waals surface area contributed by atoms with Gasteiger partial charge in [-0.2, -0.15) is 0 Å². The Bertz CT molecular complexity index is 1020. The van der Waals surface area contributed by atoms with Crippen molar-refractivity contribution < 1.29 is 27.6 Å². The fourth-order valence-corrected chi connectivity index (χ4v) is 3.88. The SMILES string of the molecule is COc1ccc(NC(=O)[C@H](C)N(c2cccc([N+](=O)[O-])c2)S(C)(=O)=O)cc1OC. The van der Waals surface area contributed by atoms with Crippen LogP contribution in [0.5, 0.6) is 11.5 Å². The highest BCUT2D eigenvalue weighted by atomic mass is 32.2. The summed E-state index contributed by atoms with van der Waals surface area (Å²) in [6.45, 7) is 1.38. The number of non-ortho nitro benzene ring substituents is 1. The first-order valence-electron chi connectivity index (χ1n) is 8.35. The second kappa shape index (κ2) is 8.78. The lowest BCUT2D eigenvalue weighted by molar-refractivity contribution is -0.384. The number of benzene rings is 2. The zero-order valence-corrected chi connectivity index (χ0v) is 17.1. The Morgan fingerprint density at radius 2 is 1.79 bits per heavy atom. The molecule has 11 heteroatoms. The van der Waals surface area contributed by atoms with E-state index in [1.165, 1.54) is 45.4 Å². The van der Waals surface area contributed by atoms with Crippen LogP contribution in [-0.4, -0.2) is 45.8 Å². The van der Waals surface area contributed by atoms with Gasteiger partial charge in [0.25, 0.3) is 5.69 Å². The normalized spacial score (nSPS) is 12.0. The second-order valence-corrected chi connectivity index (χ2v) is 7.93. The molecule has 0 bridgehead atoms. The first-order valence-corrected chi connectivity index (χ1v) is 10.2. The average Bonchev–Trinajstić information content (AvgIpc) is 2.66. The predicted molar refractivity (Wildman–Crippen MR) is 108 cm³/mol.